The zero-order valence-electron chi connectivity index (χ0n) is 24.1. The first-order chi connectivity index (χ1) is 20.4. The number of nitrogens with zero attached hydrogens (tertiary/aromatic N) is 5. The molecule has 0 aliphatic heterocycles. The van der Waals surface area contributed by atoms with E-state index < -0.39 is 5.76 Å². The van der Waals surface area contributed by atoms with Crippen LogP contribution in [-0.2, 0) is 24.8 Å². The zero-order chi connectivity index (χ0) is 29.3. The van der Waals surface area contributed by atoms with Gasteiger partial charge in [0.25, 0.3) is 5.56 Å². The monoisotopic (exact) mass is 566 g/mol. The second-order valence-corrected chi connectivity index (χ2v) is 11.1. The topological polar surface area (TPSA) is 133 Å². The van der Waals surface area contributed by atoms with Gasteiger partial charge in [0.1, 0.15) is 5.82 Å². The minimum Gasteiger partial charge on any atom is -0.339 e. The third-order valence-corrected chi connectivity index (χ3v) is 8.33. The minimum atomic E-state index is -0.599. The summed E-state index contributed by atoms with van der Waals surface area (Å²) in [4.78, 5) is 37.6. The fourth-order valence-corrected chi connectivity index (χ4v) is 5.49. The summed E-state index contributed by atoms with van der Waals surface area (Å²) >= 11 is 0. The standard InChI is InChI=1S/C32H34N6O4/c1-4-6-11-26-33-20(3)25(18-27-34-30(37-41-27)32(5-2)16-17-32)29(39)38(26)19-21-12-14-22(15-13-21)23-9-7-8-10-24(23)28-35-31(40)42-36-28/h7-10,12-15H,4-6,11,16-19H2,1-3H3,(H,35,36,40). The molecule has 0 bridgehead atoms. The lowest BCUT2D eigenvalue weighted by Gasteiger charge is -2.16. The summed E-state index contributed by atoms with van der Waals surface area (Å²) in [7, 11) is 0. The molecule has 1 N–H and O–H groups in total. The summed E-state index contributed by atoms with van der Waals surface area (Å²) in [6.45, 7) is 6.56. The Morgan fingerprint density at radius 1 is 0.952 bits per heavy atom. The van der Waals surface area contributed by atoms with Crippen molar-refractivity contribution in [2.75, 3.05) is 0 Å². The van der Waals surface area contributed by atoms with Crippen LogP contribution in [0.5, 0.6) is 0 Å². The molecule has 0 radical (unpaired) electrons. The highest BCUT2D eigenvalue weighted by molar-refractivity contribution is 5.80. The van der Waals surface area contributed by atoms with Gasteiger partial charge in [0.2, 0.25) is 5.89 Å². The number of rotatable bonds is 11. The molecule has 3 heterocycles. The fraction of sp³-hybridized carbons (Fsp3) is 0.375. The Morgan fingerprint density at radius 3 is 2.38 bits per heavy atom. The molecule has 0 saturated heterocycles. The van der Waals surface area contributed by atoms with Crippen molar-refractivity contribution in [3.8, 4) is 22.5 Å². The molecule has 1 aliphatic rings. The first-order valence-electron chi connectivity index (χ1n) is 14.6. The largest absolute Gasteiger partial charge is 0.439 e. The molecule has 0 unspecified atom stereocenters. The van der Waals surface area contributed by atoms with Crippen LogP contribution in [0.3, 0.4) is 0 Å². The van der Waals surface area contributed by atoms with E-state index >= 15 is 0 Å². The predicted octanol–water partition coefficient (Wildman–Crippen LogP) is 5.37. The van der Waals surface area contributed by atoms with Crippen molar-refractivity contribution in [1.82, 2.24) is 29.8 Å². The molecule has 42 heavy (non-hydrogen) atoms. The van der Waals surface area contributed by atoms with Crippen molar-refractivity contribution in [2.24, 2.45) is 0 Å². The second-order valence-electron chi connectivity index (χ2n) is 11.1. The highest BCUT2D eigenvalue weighted by atomic mass is 16.5. The molecule has 1 saturated carbocycles. The van der Waals surface area contributed by atoms with Crippen LogP contribution in [0.15, 0.2) is 67.2 Å². The normalized spacial score (nSPS) is 13.9. The van der Waals surface area contributed by atoms with E-state index in [4.69, 9.17) is 14.0 Å². The van der Waals surface area contributed by atoms with Crippen LogP contribution >= 0.6 is 0 Å². The van der Waals surface area contributed by atoms with Crippen molar-refractivity contribution in [2.45, 2.75) is 77.7 Å². The number of benzene rings is 2. The summed E-state index contributed by atoms with van der Waals surface area (Å²) in [6, 6.07) is 15.7. The van der Waals surface area contributed by atoms with Crippen LogP contribution in [0.2, 0.25) is 0 Å². The Bertz CT molecular complexity index is 1820. The molecular weight excluding hydrogens is 532 g/mol. The lowest BCUT2D eigenvalue weighted by molar-refractivity contribution is 0.372. The maximum absolute atomic E-state index is 13.9. The number of nitrogens with one attached hydrogen (secondary N) is 1. The van der Waals surface area contributed by atoms with Crippen molar-refractivity contribution < 1.29 is 9.05 Å². The second kappa shape index (κ2) is 11.3. The number of aromatic nitrogens is 6. The van der Waals surface area contributed by atoms with Crippen LogP contribution in [0.4, 0.5) is 0 Å². The minimum absolute atomic E-state index is 0.0399. The van der Waals surface area contributed by atoms with E-state index in [1.807, 2.05) is 55.5 Å². The Kier molecular flexibility index (Phi) is 7.45. The fourth-order valence-electron chi connectivity index (χ4n) is 5.49. The van der Waals surface area contributed by atoms with Gasteiger partial charge in [0.15, 0.2) is 11.6 Å². The zero-order valence-corrected chi connectivity index (χ0v) is 24.1. The van der Waals surface area contributed by atoms with Crippen molar-refractivity contribution in [3.63, 3.8) is 0 Å². The van der Waals surface area contributed by atoms with Crippen LogP contribution < -0.4 is 11.3 Å². The third-order valence-electron chi connectivity index (χ3n) is 8.33. The van der Waals surface area contributed by atoms with Crippen LogP contribution in [-0.4, -0.2) is 29.8 Å². The van der Waals surface area contributed by atoms with E-state index in [9.17, 15) is 9.59 Å². The number of hydrogen-bond acceptors (Lipinski definition) is 8. The molecule has 10 nitrogen and oxygen atoms in total. The van der Waals surface area contributed by atoms with Gasteiger partial charge in [-0.15, -0.1) is 0 Å². The van der Waals surface area contributed by atoms with Crippen molar-refractivity contribution in [3.05, 3.63) is 104 Å². The first-order valence-corrected chi connectivity index (χ1v) is 14.6. The van der Waals surface area contributed by atoms with Gasteiger partial charge in [-0.1, -0.05) is 79.1 Å². The molecule has 2 aromatic carbocycles. The number of H-pyrrole nitrogens is 1. The molecular formula is C32H34N6O4. The van der Waals surface area contributed by atoms with E-state index in [1.54, 1.807) is 4.57 Å². The van der Waals surface area contributed by atoms with E-state index in [1.165, 1.54) is 0 Å². The molecule has 6 rings (SSSR count). The van der Waals surface area contributed by atoms with E-state index in [2.05, 4.69) is 34.1 Å². The van der Waals surface area contributed by atoms with Gasteiger partial charge >= 0.3 is 5.76 Å². The quantitative estimate of drug-likeness (QED) is 0.226. The van der Waals surface area contributed by atoms with Gasteiger partial charge in [0.05, 0.1) is 13.0 Å². The maximum Gasteiger partial charge on any atom is 0.439 e. The van der Waals surface area contributed by atoms with Gasteiger partial charge in [-0.05, 0) is 49.3 Å². The maximum atomic E-state index is 13.9. The first kappa shape index (κ1) is 27.6. The number of hydrogen-bond donors (Lipinski definition) is 1. The summed E-state index contributed by atoms with van der Waals surface area (Å²) in [6.07, 6.45) is 6.06. The Labute approximate surface area is 242 Å². The van der Waals surface area contributed by atoms with Gasteiger partial charge in [-0.2, -0.15) is 4.98 Å². The summed E-state index contributed by atoms with van der Waals surface area (Å²) in [5.74, 6) is 1.76. The Hall–Kier alpha value is -4.60. The van der Waals surface area contributed by atoms with Gasteiger partial charge < -0.3 is 4.52 Å². The molecule has 0 spiro atoms. The van der Waals surface area contributed by atoms with Crippen molar-refractivity contribution >= 4 is 0 Å². The van der Waals surface area contributed by atoms with Crippen LogP contribution in [0.1, 0.15) is 80.3 Å². The molecule has 5 aromatic rings. The number of unbranched alkanes of at least 4 members (excludes halogenated alkanes) is 1. The molecule has 1 aliphatic carbocycles. The summed E-state index contributed by atoms with van der Waals surface area (Å²) < 4.78 is 12.1. The average Bonchev–Trinajstić information content (AvgIpc) is 3.45. The Balaban J connectivity index is 1.30. The lowest BCUT2D eigenvalue weighted by Crippen LogP contribution is -2.30. The van der Waals surface area contributed by atoms with E-state index in [0.29, 0.717) is 29.5 Å². The number of aromatic amines is 1. The average molecular weight is 567 g/mol. The smallest absolute Gasteiger partial charge is 0.339 e. The predicted molar refractivity (Wildman–Crippen MR) is 157 cm³/mol. The highest BCUT2D eigenvalue weighted by Crippen LogP contribution is 2.49. The SMILES string of the molecule is CCCCc1nc(C)c(Cc2nc(C3(CC)CC3)no2)c(=O)n1Cc1ccc(-c2ccccc2-c2noc(=O)[nH]2)cc1. The van der Waals surface area contributed by atoms with E-state index in [0.717, 1.165) is 72.4 Å². The van der Waals surface area contributed by atoms with Gasteiger partial charge in [-0.3, -0.25) is 18.9 Å². The highest BCUT2D eigenvalue weighted by Gasteiger charge is 2.46. The molecule has 0 amide bonds. The molecule has 0 atom stereocenters. The Morgan fingerprint density at radius 2 is 1.71 bits per heavy atom. The molecule has 3 aromatic heterocycles. The van der Waals surface area contributed by atoms with Crippen molar-refractivity contribution in [1.29, 1.82) is 0 Å². The summed E-state index contributed by atoms with van der Waals surface area (Å²) in [5, 5.41) is 8.10. The molecule has 10 heteroatoms. The lowest BCUT2D eigenvalue weighted by atomic mass is 9.98. The summed E-state index contributed by atoms with van der Waals surface area (Å²) in [5.41, 5.74) is 4.84. The van der Waals surface area contributed by atoms with Gasteiger partial charge in [0, 0.05) is 28.7 Å². The molecule has 1 fully saturated rings. The van der Waals surface area contributed by atoms with E-state index in [-0.39, 0.29) is 17.4 Å². The van der Waals surface area contributed by atoms with Crippen LogP contribution in [0, 0.1) is 6.92 Å². The third kappa shape index (κ3) is 5.36. The van der Waals surface area contributed by atoms with Gasteiger partial charge in [-0.25, -0.2) is 9.78 Å². The molecule has 216 valence electrons. The van der Waals surface area contributed by atoms with Crippen LogP contribution in [0.25, 0.3) is 22.5 Å². The number of aryl methyl sites for hydroxylation is 2.